The lowest BCUT2D eigenvalue weighted by Gasteiger charge is -2.18. The summed E-state index contributed by atoms with van der Waals surface area (Å²) in [6, 6.07) is 23.1. The number of benzene rings is 5. The van der Waals surface area contributed by atoms with Crippen LogP contribution in [-0.2, 0) is 42.8 Å². The third-order valence-electron chi connectivity index (χ3n) is 9.16. The molecule has 0 fully saturated rings. The first-order valence-corrected chi connectivity index (χ1v) is 17.9. The molecule has 0 spiro atoms. The van der Waals surface area contributed by atoms with Crippen molar-refractivity contribution in [3.63, 3.8) is 0 Å². The zero-order chi connectivity index (χ0) is 34.6. The topological polar surface area (TPSA) is 139 Å². The van der Waals surface area contributed by atoms with Crippen molar-refractivity contribution < 1.29 is 38.0 Å². The number of para-hydroxylation sites is 2. The number of thiazole rings is 1. The number of phenols is 4. The molecule has 0 atom stereocenters. The Hall–Kier alpha value is -5.16. The lowest BCUT2D eigenvalue weighted by atomic mass is 9.90. The highest BCUT2D eigenvalue weighted by Gasteiger charge is 2.23. The zero-order valence-electron chi connectivity index (χ0n) is 26.8. The Morgan fingerprint density at radius 3 is 1.63 bits per heavy atom. The molecule has 10 heteroatoms. The zero-order valence-corrected chi connectivity index (χ0v) is 28.4. The molecule has 0 saturated carbocycles. The van der Waals surface area contributed by atoms with E-state index in [0.717, 1.165) is 21.7 Å². The Morgan fingerprint density at radius 2 is 1.10 bits per heavy atom. The lowest BCUT2D eigenvalue weighted by molar-refractivity contribution is -0.642. The molecule has 8 bridgehead atoms. The highest BCUT2D eigenvalue weighted by Crippen LogP contribution is 2.39. The van der Waals surface area contributed by atoms with Crippen LogP contribution in [0.2, 0.25) is 0 Å². The molecular formula is C39H34NO7S2+. The molecule has 5 aromatic carbocycles. The number of rotatable bonds is 3. The van der Waals surface area contributed by atoms with Gasteiger partial charge in [0, 0.05) is 49.0 Å². The number of phenolic OH excluding ortho intramolecular Hbond substituents is 4. The van der Waals surface area contributed by atoms with E-state index in [0.29, 0.717) is 33.4 Å². The van der Waals surface area contributed by atoms with Crippen molar-refractivity contribution >= 4 is 43.8 Å². The Bertz CT molecular complexity index is 2450. The van der Waals surface area contributed by atoms with Gasteiger partial charge in [0.15, 0.2) is 0 Å². The van der Waals surface area contributed by atoms with Gasteiger partial charge in [0.2, 0.25) is 5.52 Å². The highest BCUT2D eigenvalue weighted by atomic mass is 32.2. The SMILES string of the molecule is Cc1cc2c(O)c(c1)Cc1cc(S(=O)(=O)O)cc(c1O)Cc1cccc(c1O)Cc1cc(/C=C/c3sc4ccccc4[n+]3C)cc(c1O)C2. The van der Waals surface area contributed by atoms with E-state index in [1.54, 1.807) is 35.6 Å². The van der Waals surface area contributed by atoms with Crippen LogP contribution in [0.3, 0.4) is 0 Å². The number of aromatic nitrogens is 1. The molecule has 0 amide bonds. The second-order valence-electron chi connectivity index (χ2n) is 12.6. The van der Waals surface area contributed by atoms with E-state index in [1.807, 2.05) is 56.5 Å². The van der Waals surface area contributed by atoms with Gasteiger partial charge in [0.05, 0.1) is 4.90 Å². The molecule has 0 saturated heterocycles. The minimum atomic E-state index is -4.64. The van der Waals surface area contributed by atoms with Gasteiger partial charge < -0.3 is 20.4 Å². The van der Waals surface area contributed by atoms with Crippen LogP contribution in [0.4, 0.5) is 0 Å². The minimum absolute atomic E-state index is 0.0408. The Labute approximate surface area is 287 Å². The van der Waals surface area contributed by atoms with E-state index in [2.05, 4.69) is 16.7 Å². The fourth-order valence-electron chi connectivity index (χ4n) is 6.69. The van der Waals surface area contributed by atoms with E-state index >= 15 is 0 Å². The first-order chi connectivity index (χ1) is 23.4. The molecule has 1 aliphatic rings. The average molecular weight is 693 g/mol. The number of nitrogens with zero attached hydrogens (tertiary/aromatic N) is 1. The van der Waals surface area contributed by atoms with Crippen LogP contribution in [0.1, 0.15) is 60.6 Å². The van der Waals surface area contributed by atoms with Gasteiger partial charge in [-0.15, -0.1) is 0 Å². The Balaban J connectivity index is 1.41. The molecule has 7 rings (SSSR count). The van der Waals surface area contributed by atoms with Crippen molar-refractivity contribution in [3.05, 3.63) is 140 Å². The Morgan fingerprint density at radius 1 is 0.633 bits per heavy atom. The monoisotopic (exact) mass is 692 g/mol. The average Bonchev–Trinajstić information content (AvgIpc) is 3.38. The van der Waals surface area contributed by atoms with Crippen LogP contribution in [-0.4, -0.2) is 33.4 Å². The first-order valence-electron chi connectivity index (χ1n) is 15.7. The van der Waals surface area contributed by atoms with E-state index in [9.17, 15) is 33.4 Å². The van der Waals surface area contributed by atoms with Gasteiger partial charge >= 0.3 is 0 Å². The smallest absolute Gasteiger partial charge is 0.294 e. The van der Waals surface area contributed by atoms with Crippen LogP contribution in [0, 0.1) is 6.92 Å². The molecule has 1 aromatic heterocycles. The number of aryl methyl sites for hydroxylation is 2. The van der Waals surface area contributed by atoms with Crippen LogP contribution >= 0.6 is 11.3 Å². The summed E-state index contributed by atoms with van der Waals surface area (Å²) in [7, 11) is -2.62. The van der Waals surface area contributed by atoms with Gasteiger partial charge in [-0.1, -0.05) is 59.4 Å². The Kier molecular flexibility index (Phi) is 8.18. The summed E-state index contributed by atoms with van der Waals surface area (Å²) in [5.74, 6) is -0.230. The summed E-state index contributed by atoms with van der Waals surface area (Å²) >= 11 is 1.67. The van der Waals surface area contributed by atoms with Crippen molar-refractivity contribution in [2.24, 2.45) is 7.05 Å². The fraction of sp³-hybridized carbons (Fsp3) is 0.154. The summed E-state index contributed by atoms with van der Waals surface area (Å²) < 4.78 is 37.8. The van der Waals surface area contributed by atoms with Crippen molar-refractivity contribution in [1.82, 2.24) is 0 Å². The molecule has 0 radical (unpaired) electrons. The summed E-state index contributed by atoms with van der Waals surface area (Å²) in [5, 5.41) is 47.0. The number of hydrogen-bond donors (Lipinski definition) is 5. The summed E-state index contributed by atoms with van der Waals surface area (Å²) in [6.07, 6.45) is 4.30. The summed E-state index contributed by atoms with van der Waals surface area (Å²) in [5.41, 5.74) is 6.22. The number of hydrogen-bond acceptors (Lipinski definition) is 7. The van der Waals surface area contributed by atoms with E-state index < -0.39 is 15.0 Å². The molecule has 5 N–H and O–H groups in total. The number of fused-ring (bicyclic) bond motifs is 9. The molecule has 1 aliphatic carbocycles. The van der Waals surface area contributed by atoms with Crippen molar-refractivity contribution in [2.75, 3.05) is 0 Å². The predicted molar refractivity (Wildman–Crippen MR) is 190 cm³/mol. The van der Waals surface area contributed by atoms with Crippen LogP contribution in [0.25, 0.3) is 22.4 Å². The maximum Gasteiger partial charge on any atom is 0.294 e. The molecule has 6 aromatic rings. The van der Waals surface area contributed by atoms with Gasteiger partial charge in [-0.3, -0.25) is 4.55 Å². The highest BCUT2D eigenvalue weighted by molar-refractivity contribution is 7.85. The van der Waals surface area contributed by atoms with Gasteiger partial charge in [0.1, 0.15) is 34.7 Å². The molecular weight excluding hydrogens is 659 g/mol. The van der Waals surface area contributed by atoms with Crippen LogP contribution in [0.15, 0.2) is 83.8 Å². The lowest BCUT2D eigenvalue weighted by Crippen LogP contribution is -2.28. The molecule has 8 nitrogen and oxygen atoms in total. The second kappa shape index (κ2) is 12.4. The van der Waals surface area contributed by atoms with Gasteiger partial charge in [-0.2, -0.15) is 13.0 Å². The summed E-state index contributed by atoms with van der Waals surface area (Å²) in [6.45, 7) is 1.87. The van der Waals surface area contributed by atoms with Crippen molar-refractivity contribution in [3.8, 4) is 23.0 Å². The largest absolute Gasteiger partial charge is 0.507 e. The maximum atomic E-state index is 12.3. The molecule has 0 unspecified atom stereocenters. The minimum Gasteiger partial charge on any atom is -0.507 e. The van der Waals surface area contributed by atoms with E-state index in [-0.39, 0.29) is 59.8 Å². The van der Waals surface area contributed by atoms with Crippen LogP contribution < -0.4 is 4.57 Å². The quantitative estimate of drug-likeness (QED) is 0.0998. The number of aromatic hydroxyl groups is 4. The van der Waals surface area contributed by atoms with Gasteiger partial charge in [0.25, 0.3) is 15.1 Å². The molecule has 0 aliphatic heterocycles. The third-order valence-corrected chi connectivity index (χ3v) is 11.2. The molecule has 49 heavy (non-hydrogen) atoms. The standard InChI is InChI=1S/C39H33NO7S2/c1-22-12-26-18-29-15-23(10-11-35-40(2)33-8-3-4-9-34(33)48-35)14-28(38(29)43)16-24-6-5-7-25(36(24)41)17-30-20-32(49(45,46)47)21-31(39(30)44)19-27(13-22)37(26)42/h3-15,20-21H,16-19H2,1-2H3,(H4,41,42,44,45,46,47)/p+1. The fourth-order valence-corrected chi connectivity index (χ4v) is 8.32. The van der Waals surface area contributed by atoms with Crippen molar-refractivity contribution in [2.45, 2.75) is 37.5 Å². The first kappa shape index (κ1) is 32.4. The van der Waals surface area contributed by atoms with Crippen LogP contribution in [0.5, 0.6) is 23.0 Å². The molecule has 248 valence electrons. The van der Waals surface area contributed by atoms with Gasteiger partial charge in [-0.25, -0.2) is 0 Å². The van der Waals surface area contributed by atoms with Crippen molar-refractivity contribution in [1.29, 1.82) is 0 Å². The molecule has 1 heterocycles. The second-order valence-corrected chi connectivity index (χ2v) is 15.1. The maximum absolute atomic E-state index is 12.3. The van der Waals surface area contributed by atoms with E-state index in [1.165, 1.54) is 16.8 Å². The van der Waals surface area contributed by atoms with E-state index in [4.69, 9.17) is 0 Å². The predicted octanol–water partition coefficient (Wildman–Crippen LogP) is 6.95. The third kappa shape index (κ3) is 6.26. The normalized spacial score (nSPS) is 13.3. The summed E-state index contributed by atoms with van der Waals surface area (Å²) in [4.78, 5) is -0.399. The van der Waals surface area contributed by atoms with Gasteiger partial charge in [-0.05, 0) is 82.3 Å².